The summed E-state index contributed by atoms with van der Waals surface area (Å²) in [5, 5.41) is 8.40. The minimum absolute atomic E-state index is 0.0248. The van der Waals surface area contributed by atoms with E-state index in [1.54, 1.807) is 6.08 Å². The van der Waals surface area contributed by atoms with Gasteiger partial charge in [-0.2, -0.15) is 0 Å². The summed E-state index contributed by atoms with van der Waals surface area (Å²) in [6, 6.07) is 1.73. The van der Waals surface area contributed by atoms with Crippen LogP contribution in [0.4, 0.5) is 14.5 Å². The van der Waals surface area contributed by atoms with Crippen LogP contribution in [0.25, 0.3) is 10.9 Å². The predicted octanol–water partition coefficient (Wildman–Crippen LogP) is 7.53. The van der Waals surface area contributed by atoms with Gasteiger partial charge < -0.3 is 20.4 Å². The summed E-state index contributed by atoms with van der Waals surface area (Å²) in [6.45, 7) is 9.93. The van der Waals surface area contributed by atoms with E-state index in [0.717, 1.165) is 61.5 Å². The van der Waals surface area contributed by atoms with E-state index in [4.69, 9.17) is 15.9 Å². The third kappa shape index (κ3) is 4.34. The minimum atomic E-state index is -0.437. The summed E-state index contributed by atoms with van der Waals surface area (Å²) in [7, 11) is 0. The maximum Gasteiger partial charge on any atom is 0.156 e. The van der Waals surface area contributed by atoms with Crippen molar-refractivity contribution in [2.45, 2.75) is 70.8 Å². The van der Waals surface area contributed by atoms with Gasteiger partial charge in [0.25, 0.3) is 0 Å². The van der Waals surface area contributed by atoms with Crippen molar-refractivity contribution in [1.82, 2.24) is 4.57 Å². The van der Waals surface area contributed by atoms with Gasteiger partial charge in [0.2, 0.25) is 0 Å². The van der Waals surface area contributed by atoms with Gasteiger partial charge in [-0.1, -0.05) is 25.2 Å². The van der Waals surface area contributed by atoms with Crippen LogP contribution in [0.5, 0.6) is 0 Å². The number of allylic oxidation sites excluding steroid dienone is 5. The van der Waals surface area contributed by atoms with E-state index in [0.29, 0.717) is 36.5 Å². The number of rotatable bonds is 7. The molecule has 2 aromatic rings. The van der Waals surface area contributed by atoms with Crippen molar-refractivity contribution < 1.29 is 13.5 Å². The monoisotopic (exact) mass is 493 g/mol. The van der Waals surface area contributed by atoms with Gasteiger partial charge in [-0.25, -0.2) is 8.78 Å². The Morgan fingerprint density at radius 2 is 2.03 bits per heavy atom. The Labute approximate surface area is 212 Å². The second-order valence-electron chi connectivity index (χ2n) is 11.4. The molecule has 36 heavy (non-hydrogen) atoms. The molecule has 192 valence electrons. The van der Waals surface area contributed by atoms with Crippen LogP contribution in [0.1, 0.15) is 81.2 Å². The molecule has 2 aliphatic carbocycles. The number of nitrogen functional groups attached to an aromatic ring is 1. The molecule has 6 heteroatoms. The Balaban J connectivity index is 1.66. The van der Waals surface area contributed by atoms with Crippen molar-refractivity contribution in [3.05, 3.63) is 64.9 Å². The van der Waals surface area contributed by atoms with Gasteiger partial charge in [0.05, 0.1) is 17.2 Å². The van der Waals surface area contributed by atoms with Crippen LogP contribution in [0.15, 0.2) is 42.3 Å². The number of nitrogens with one attached hydrogen (secondary N) is 1. The summed E-state index contributed by atoms with van der Waals surface area (Å²) < 4.78 is 37.8. The van der Waals surface area contributed by atoms with Crippen LogP contribution < -0.4 is 5.73 Å². The molecular weight excluding hydrogens is 456 g/mol. The van der Waals surface area contributed by atoms with Crippen LogP contribution in [-0.2, 0) is 11.2 Å². The molecule has 5 rings (SSSR count). The van der Waals surface area contributed by atoms with Gasteiger partial charge in [0.1, 0.15) is 5.83 Å². The van der Waals surface area contributed by atoms with Crippen LogP contribution in [0, 0.1) is 22.6 Å². The summed E-state index contributed by atoms with van der Waals surface area (Å²) in [4.78, 5) is 0. The van der Waals surface area contributed by atoms with Crippen molar-refractivity contribution in [3.8, 4) is 0 Å². The zero-order chi connectivity index (χ0) is 25.6. The molecule has 1 aromatic carbocycles. The second kappa shape index (κ2) is 9.62. The molecule has 0 bridgehead atoms. The van der Waals surface area contributed by atoms with E-state index in [1.165, 1.54) is 11.6 Å². The number of aryl methyl sites for hydroxylation is 1. The summed E-state index contributed by atoms with van der Waals surface area (Å²) >= 11 is 0. The fourth-order valence-corrected chi connectivity index (χ4v) is 6.58. The molecule has 2 fully saturated rings. The molecule has 1 aromatic heterocycles. The largest absolute Gasteiger partial charge is 0.396 e. The molecule has 1 saturated heterocycles. The van der Waals surface area contributed by atoms with E-state index in [1.807, 2.05) is 12.1 Å². The number of anilines is 1. The first-order valence-electron chi connectivity index (χ1n) is 13.1. The number of hydrogen-bond acceptors (Lipinski definition) is 3. The third-order valence-corrected chi connectivity index (χ3v) is 8.73. The number of nitrogens with two attached hydrogens (primary N) is 1. The molecule has 4 nitrogen and oxygen atoms in total. The Morgan fingerprint density at radius 3 is 2.64 bits per heavy atom. The highest BCUT2D eigenvalue weighted by Crippen LogP contribution is 2.52. The van der Waals surface area contributed by atoms with Gasteiger partial charge in [-0.15, -0.1) is 0 Å². The van der Waals surface area contributed by atoms with Crippen molar-refractivity contribution in [3.63, 3.8) is 0 Å². The smallest absolute Gasteiger partial charge is 0.156 e. The molecular formula is C30H37F2N3O. The molecule has 1 aliphatic heterocycles. The lowest BCUT2D eigenvalue weighted by molar-refractivity contribution is 0.0821. The number of nitrogens with zero attached hydrogens (tertiary/aromatic N) is 1. The average Bonchev–Trinajstić information content (AvgIpc) is 3.18. The lowest BCUT2D eigenvalue weighted by Gasteiger charge is -2.46. The quantitative estimate of drug-likeness (QED) is 0.238. The topological polar surface area (TPSA) is 64.0 Å². The van der Waals surface area contributed by atoms with Crippen LogP contribution >= 0.6 is 0 Å². The molecule has 1 saturated carbocycles. The SMILES string of the molecule is C=C(C)C1CC(C)(CCc2c(C3CCOCC3)n(C3C=CC(F)=CC3)c3cc(C=N)c(N)c(F)c23)C1. The standard InChI is InChI=1S/C30H37F2N3O/c1-18(2)21-15-30(3,16-21)11-8-24-26-25(14-20(17-33)28(34)27(26)32)35(23-6-4-22(31)5-7-23)29(24)19-9-12-36-13-10-19/h4-6,14,17,19,21,23,33H,1,7-13,15-16,34H2,2-3H3. The molecule has 3 N–H and O–H groups in total. The van der Waals surface area contributed by atoms with Gasteiger partial charge in [0.15, 0.2) is 5.82 Å². The minimum Gasteiger partial charge on any atom is -0.396 e. The van der Waals surface area contributed by atoms with Gasteiger partial charge in [0, 0.05) is 42.0 Å². The zero-order valence-electron chi connectivity index (χ0n) is 21.4. The van der Waals surface area contributed by atoms with E-state index in [2.05, 4.69) is 25.0 Å². The molecule has 1 atom stereocenters. The van der Waals surface area contributed by atoms with Crippen molar-refractivity contribution in [2.75, 3.05) is 18.9 Å². The van der Waals surface area contributed by atoms with Gasteiger partial charge in [-0.05, 0) is 87.0 Å². The number of hydrogen-bond donors (Lipinski definition) is 2. The van der Waals surface area contributed by atoms with E-state index < -0.39 is 5.82 Å². The zero-order valence-corrected chi connectivity index (χ0v) is 21.4. The molecule has 3 aliphatic rings. The lowest BCUT2D eigenvalue weighted by Crippen LogP contribution is -2.35. The molecule has 1 unspecified atom stereocenters. The third-order valence-electron chi connectivity index (χ3n) is 8.73. The fourth-order valence-electron chi connectivity index (χ4n) is 6.58. The Morgan fingerprint density at radius 1 is 1.31 bits per heavy atom. The summed E-state index contributed by atoms with van der Waals surface area (Å²) in [5.74, 6) is 0.124. The van der Waals surface area contributed by atoms with Crippen molar-refractivity contribution >= 4 is 22.8 Å². The average molecular weight is 494 g/mol. The highest BCUT2D eigenvalue weighted by atomic mass is 19.1. The second-order valence-corrected chi connectivity index (χ2v) is 11.4. The molecule has 0 radical (unpaired) electrons. The fraction of sp³-hybridized carbons (Fsp3) is 0.500. The lowest BCUT2D eigenvalue weighted by atomic mass is 9.59. The highest BCUT2D eigenvalue weighted by Gasteiger charge is 2.41. The van der Waals surface area contributed by atoms with Crippen LogP contribution in [-0.4, -0.2) is 24.0 Å². The number of aromatic nitrogens is 1. The number of fused-ring (bicyclic) bond motifs is 1. The molecule has 0 amide bonds. The maximum absolute atomic E-state index is 16.0. The number of benzene rings is 1. The Hall–Kier alpha value is -2.73. The van der Waals surface area contributed by atoms with E-state index in [-0.39, 0.29) is 28.9 Å². The predicted molar refractivity (Wildman–Crippen MR) is 143 cm³/mol. The Kier molecular flexibility index (Phi) is 6.67. The number of halogens is 2. The van der Waals surface area contributed by atoms with E-state index >= 15 is 4.39 Å². The van der Waals surface area contributed by atoms with Gasteiger partial charge >= 0.3 is 0 Å². The van der Waals surface area contributed by atoms with Crippen molar-refractivity contribution in [1.29, 1.82) is 5.41 Å². The Bertz CT molecular complexity index is 1260. The van der Waals surface area contributed by atoms with Crippen LogP contribution in [0.3, 0.4) is 0 Å². The summed E-state index contributed by atoms with van der Waals surface area (Å²) in [5.41, 5.74) is 11.0. The maximum atomic E-state index is 16.0. The normalized spacial score (nSPS) is 26.6. The van der Waals surface area contributed by atoms with E-state index in [9.17, 15) is 4.39 Å². The van der Waals surface area contributed by atoms with Crippen molar-refractivity contribution in [2.24, 2.45) is 11.3 Å². The van der Waals surface area contributed by atoms with Crippen LogP contribution in [0.2, 0.25) is 0 Å². The summed E-state index contributed by atoms with van der Waals surface area (Å²) in [6.07, 6.45) is 12.3. The van der Waals surface area contributed by atoms with Gasteiger partial charge in [-0.3, -0.25) is 0 Å². The first kappa shape index (κ1) is 24.9. The molecule has 0 spiro atoms. The first-order valence-corrected chi connectivity index (χ1v) is 13.1. The number of ether oxygens (including phenoxy) is 1. The first-order chi connectivity index (χ1) is 17.2. The highest BCUT2D eigenvalue weighted by molar-refractivity contribution is 5.97. The molecule has 2 heterocycles.